The van der Waals surface area contributed by atoms with Gasteiger partial charge in [-0.25, -0.2) is 9.59 Å². The van der Waals surface area contributed by atoms with Crippen molar-refractivity contribution < 1.29 is 19.5 Å². The van der Waals surface area contributed by atoms with Crippen molar-refractivity contribution in [2.24, 2.45) is 0 Å². The summed E-state index contributed by atoms with van der Waals surface area (Å²) >= 11 is 0. The molecule has 0 aromatic heterocycles. The summed E-state index contributed by atoms with van der Waals surface area (Å²) in [5.41, 5.74) is 1.30. The van der Waals surface area contributed by atoms with Gasteiger partial charge in [0.15, 0.2) is 0 Å². The van der Waals surface area contributed by atoms with E-state index in [2.05, 4.69) is 5.32 Å². The molecule has 21 heavy (non-hydrogen) atoms. The number of nitrogens with zero attached hydrogens (tertiary/aromatic N) is 2. The molecular weight excluding hydrogens is 274 g/mol. The number of rotatable bonds is 4. The maximum Gasteiger partial charge on any atom is 0.335 e. The zero-order valence-corrected chi connectivity index (χ0v) is 12.5. The highest BCUT2D eigenvalue weighted by Crippen LogP contribution is 2.17. The van der Waals surface area contributed by atoms with E-state index in [1.807, 2.05) is 0 Å². The third kappa shape index (κ3) is 4.48. The lowest BCUT2D eigenvalue weighted by molar-refractivity contribution is -0.129. The van der Waals surface area contributed by atoms with E-state index < -0.39 is 12.0 Å². The number of amides is 3. The number of aromatic carboxylic acids is 1. The van der Waals surface area contributed by atoms with Crippen molar-refractivity contribution in [3.63, 3.8) is 0 Å². The highest BCUT2D eigenvalue weighted by molar-refractivity contribution is 5.94. The summed E-state index contributed by atoms with van der Waals surface area (Å²) in [6, 6.07) is 3.98. The zero-order valence-electron chi connectivity index (χ0n) is 12.5. The van der Waals surface area contributed by atoms with Crippen molar-refractivity contribution >= 4 is 23.6 Å². The van der Waals surface area contributed by atoms with Crippen molar-refractivity contribution in [2.45, 2.75) is 6.92 Å². The lowest BCUT2D eigenvalue weighted by Crippen LogP contribution is -2.39. The molecule has 0 saturated heterocycles. The molecular formula is C14H19N3O4. The average molecular weight is 293 g/mol. The van der Waals surface area contributed by atoms with Gasteiger partial charge in [0.1, 0.15) is 6.54 Å². The van der Waals surface area contributed by atoms with Gasteiger partial charge in [-0.1, -0.05) is 0 Å². The number of anilines is 1. The van der Waals surface area contributed by atoms with Crippen LogP contribution in [0.15, 0.2) is 18.2 Å². The highest BCUT2D eigenvalue weighted by atomic mass is 16.4. The van der Waals surface area contributed by atoms with Crippen molar-refractivity contribution in [1.29, 1.82) is 0 Å². The van der Waals surface area contributed by atoms with Crippen LogP contribution in [-0.2, 0) is 4.79 Å². The van der Waals surface area contributed by atoms with Gasteiger partial charge in [-0.05, 0) is 30.7 Å². The van der Waals surface area contributed by atoms with Gasteiger partial charge >= 0.3 is 12.0 Å². The van der Waals surface area contributed by atoms with Crippen molar-refractivity contribution in [1.82, 2.24) is 9.80 Å². The van der Waals surface area contributed by atoms with Crippen LogP contribution in [-0.4, -0.2) is 60.5 Å². The van der Waals surface area contributed by atoms with Gasteiger partial charge in [-0.15, -0.1) is 0 Å². The number of hydrogen-bond acceptors (Lipinski definition) is 3. The van der Waals surface area contributed by atoms with Crippen LogP contribution in [0.1, 0.15) is 15.9 Å². The molecule has 2 N–H and O–H groups in total. The van der Waals surface area contributed by atoms with Crippen molar-refractivity contribution in [3.05, 3.63) is 29.3 Å². The minimum absolute atomic E-state index is 0.0366. The van der Waals surface area contributed by atoms with Crippen LogP contribution in [0.25, 0.3) is 0 Å². The Kier molecular flexibility index (Phi) is 5.29. The van der Waals surface area contributed by atoms with Gasteiger partial charge in [0, 0.05) is 26.8 Å². The van der Waals surface area contributed by atoms with Gasteiger partial charge < -0.3 is 20.2 Å². The minimum atomic E-state index is -1.02. The molecule has 0 aliphatic heterocycles. The summed E-state index contributed by atoms with van der Waals surface area (Å²) in [4.78, 5) is 37.0. The van der Waals surface area contributed by atoms with Crippen molar-refractivity contribution in [2.75, 3.05) is 33.0 Å². The molecule has 3 amide bonds. The van der Waals surface area contributed by atoms with E-state index in [1.165, 1.54) is 35.0 Å². The molecule has 0 saturated carbocycles. The van der Waals surface area contributed by atoms with E-state index in [1.54, 1.807) is 21.0 Å². The number of urea groups is 1. The Hall–Kier alpha value is -2.57. The molecule has 0 unspecified atom stereocenters. The SMILES string of the molecule is Cc1cc(C(=O)O)ccc1NC(=O)N(C)CC(=O)N(C)C. The molecule has 1 aromatic carbocycles. The molecule has 7 nitrogen and oxygen atoms in total. The Labute approximate surface area is 123 Å². The molecule has 0 fully saturated rings. The van der Waals surface area contributed by atoms with Gasteiger partial charge in [0.25, 0.3) is 0 Å². The topological polar surface area (TPSA) is 90.0 Å². The second-order valence-electron chi connectivity index (χ2n) is 4.91. The number of likely N-dealkylation sites (N-methyl/N-ethyl adjacent to an activating group) is 2. The molecule has 7 heteroatoms. The van der Waals surface area contributed by atoms with Gasteiger partial charge in [0.2, 0.25) is 5.91 Å². The zero-order chi connectivity index (χ0) is 16.2. The normalized spacial score (nSPS) is 9.90. The number of carboxylic acids is 1. The predicted molar refractivity (Wildman–Crippen MR) is 78.5 cm³/mol. The third-order valence-corrected chi connectivity index (χ3v) is 2.93. The molecule has 0 radical (unpaired) electrons. The summed E-state index contributed by atoms with van der Waals surface area (Å²) < 4.78 is 0. The second-order valence-corrected chi connectivity index (χ2v) is 4.91. The molecule has 0 atom stereocenters. The van der Waals surface area contributed by atoms with Gasteiger partial charge in [-0.2, -0.15) is 0 Å². The van der Waals surface area contributed by atoms with E-state index >= 15 is 0 Å². The third-order valence-electron chi connectivity index (χ3n) is 2.93. The molecule has 114 valence electrons. The van der Waals surface area contributed by atoms with E-state index in [-0.39, 0.29) is 18.0 Å². The largest absolute Gasteiger partial charge is 0.478 e. The fourth-order valence-corrected chi connectivity index (χ4v) is 1.56. The van der Waals surface area contributed by atoms with Gasteiger partial charge in [0.05, 0.1) is 5.56 Å². The van der Waals surface area contributed by atoms with Gasteiger partial charge in [-0.3, -0.25) is 4.79 Å². The predicted octanol–water partition coefficient (Wildman–Crippen LogP) is 1.25. The van der Waals surface area contributed by atoms with E-state index in [9.17, 15) is 14.4 Å². The Morgan fingerprint density at radius 3 is 2.29 bits per heavy atom. The average Bonchev–Trinajstić information content (AvgIpc) is 2.40. The standard InChI is InChI=1S/C14H19N3O4/c1-9-7-10(13(19)20)5-6-11(9)15-14(21)17(4)8-12(18)16(2)3/h5-7H,8H2,1-4H3,(H,15,21)(H,19,20). The number of benzene rings is 1. The Morgan fingerprint density at radius 2 is 1.81 bits per heavy atom. The van der Waals surface area contributed by atoms with Crippen LogP contribution >= 0.6 is 0 Å². The number of hydrogen-bond donors (Lipinski definition) is 2. The van der Waals surface area contributed by atoms with E-state index in [0.717, 1.165) is 0 Å². The summed E-state index contributed by atoms with van der Waals surface area (Å²) in [7, 11) is 4.74. The maximum absolute atomic E-state index is 12.0. The fourth-order valence-electron chi connectivity index (χ4n) is 1.56. The van der Waals surface area contributed by atoms with E-state index in [4.69, 9.17) is 5.11 Å². The highest BCUT2D eigenvalue weighted by Gasteiger charge is 2.15. The number of aryl methyl sites for hydroxylation is 1. The van der Waals surface area contributed by atoms with Crippen LogP contribution in [0.4, 0.5) is 10.5 Å². The van der Waals surface area contributed by atoms with Crippen LogP contribution in [0.3, 0.4) is 0 Å². The molecule has 0 spiro atoms. The lowest BCUT2D eigenvalue weighted by Gasteiger charge is -2.20. The Bertz CT molecular complexity index is 569. The first-order chi connectivity index (χ1) is 9.72. The first kappa shape index (κ1) is 16.5. The fraction of sp³-hybridized carbons (Fsp3) is 0.357. The van der Waals surface area contributed by atoms with Crippen molar-refractivity contribution in [3.8, 4) is 0 Å². The molecule has 0 heterocycles. The minimum Gasteiger partial charge on any atom is -0.478 e. The molecule has 0 aliphatic rings. The summed E-state index contributed by atoms with van der Waals surface area (Å²) in [6.45, 7) is 1.66. The molecule has 0 bridgehead atoms. The van der Waals surface area contributed by atoms with Crippen LogP contribution in [0.5, 0.6) is 0 Å². The molecule has 1 aromatic rings. The Morgan fingerprint density at radius 1 is 1.19 bits per heavy atom. The first-order valence-corrected chi connectivity index (χ1v) is 6.28. The summed E-state index contributed by atoms with van der Waals surface area (Å²) in [5.74, 6) is -1.21. The quantitative estimate of drug-likeness (QED) is 0.874. The number of carbonyl (C=O) groups excluding carboxylic acids is 2. The first-order valence-electron chi connectivity index (χ1n) is 6.28. The van der Waals surface area contributed by atoms with E-state index in [0.29, 0.717) is 11.3 Å². The maximum atomic E-state index is 12.0. The van der Waals surface area contributed by atoms with Crippen LogP contribution < -0.4 is 5.32 Å². The van der Waals surface area contributed by atoms with Crippen LogP contribution in [0, 0.1) is 6.92 Å². The Balaban J connectivity index is 2.75. The summed E-state index contributed by atoms with van der Waals surface area (Å²) in [5, 5.41) is 11.5. The second kappa shape index (κ2) is 6.74. The number of carboxylic acid groups (broad SMARTS) is 1. The summed E-state index contributed by atoms with van der Waals surface area (Å²) in [6.07, 6.45) is 0. The molecule has 0 aliphatic carbocycles. The lowest BCUT2D eigenvalue weighted by atomic mass is 10.1. The smallest absolute Gasteiger partial charge is 0.335 e. The monoisotopic (exact) mass is 293 g/mol. The van der Waals surface area contributed by atoms with Crippen LogP contribution in [0.2, 0.25) is 0 Å². The molecule has 1 rings (SSSR count). The number of nitrogens with one attached hydrogen (secondary N) is 1. The number of carbonyl (C=O) groups is 3.